The number of halogens is 2. The Morgan fingerprint density at radius 2 is 2.23 bits per heavy atom. The molecule has 0 fully saturated rings. The van der Waals surface area contributed by atoms with Gasteiger partial charge in [0.25, 0.3) is 0 Å². The Morgan fingerprint density at radius 1 is 1.46 bits per heavy atom. The molecule has 2 nitrogen and oxygen atoms in total. The molecular formula is C9H10BrClO2. The Hall–Kier alpha value is -0.0900. The first kappa shape index (κ1) is 11.0. The Labute approximate surface area is 90.9 Å². The second kappa shape index (κ2) is 5.60. The molecule has 0 saturated carbocycles. The van der Waals surface area contributed by atoms with Crippen LogP contribution < -0.4 is 0 Å². The fourth-order valence-electron chi connectivity index (χ4n) is 0.872. The van der Waals surface area contributed by atoms with Crippen LogP contribution in [0, 0.1) is 0 Å². The fraction of sp³-hybridized carbons (Fsp3) is 0.333. The summed E-state index contributed by atoms with van der Waals surface area (Å²) in [6, 6.07) is 5.71. The van der Waals surface area contributed by atoms with Gasteiger partial charge in [-0.3, -0.25) is 0 Å². The molecule has 0 heterocycles. The number of rotatable bonds is 4. The standard InChI is InChI=1S/C9H10BrClO2/c1-12-6-13-5-7-2-3-8(10)9(11)4-7/h2-4H,5-6H2,1H3. The molecule has 0 spiro atoms. The molecule has 72 valence electrons. The number of hydrogen-bond donors (Lipinski definition) is 0. The third kappa shape index (κ3) is 3.65. The summed E-state index contributed by atoms with van der Waals surface area (Å²) in [6.07, 6.45) is 0. The smallest absolute Gasteiger partial charge is 0.146 e. The zero-order valence-corrected chi connectivity index (χ0v) is 9.56. The molecule has 13 heavy (non-hydrogen) atoms. The van der Waals surface area contributed by atoms with Gasteiger partial charge in [-0.25, -0.2) is 0 Å². The van der Waals surface area contributed by atoms with Crippen molar-refractivity contribution in [2.75, 3.05) is 13.9 Å². The van der Waals surface area contributed by atoms with Crippen LogP contribution in [0.4, 0.5) is 0 Å². The zero-order valence-electron chi connectivity index (χ0n) is 7.22. The Balaban J connectivity index is 2.53. The van der Waals surface area contributed by atoms with E-state index >= 15 is 0 Å². The molecule has 0 unspecified atom stereocenters. The molecule has 0 radical (unpaired) electrons. The molecule has 1 aromatic rings. The van der Waals surface area contributed by atoms with Gasteiger partial charge in [-0.1, -0.05) is 17.7 Å². The molecular weight excluding hydrogens is 255 g/mol. The van der Waals surface area contributed by atoms with E-state index in [2.05, 4.69) is 15.9 Å². The minimum Gasteiger partial charge on any atom is -0.359 e. The quantitative estimate of drug-likeness (QED) is 0.615. The van der Waals surface area contributed by atoms with Crippen LogP contribution in [0.3, 0.4) is 0 Å². The Kier molecular flexibility index (Phi) is 4.73. The van der Waals surface area contributed by atoms with Gasteiger partial charge in [0, 0.05) is 11.6 Å². The minimum atomic E-state index is 0.299. The van der Waals surface area contributed by atoms with Gasteiger partial charge in [0.1, 0.15) is 6.79 Å². The van der Waals surface area contributed by atoms with Gasteiger partial charge in [-0.15, -0.1) is 0 Å². The van der Waals surface area contributed by atoms with Gasteiger partial charge >= 0.3 is 0 Å². The van der Waals surface area contributed by atoms with Gasteiger partial charge in [-0.2, -0.15) is 0 Å². The van der Waals surface area contributed by atoms with Gasteiger partial charge in [-0.05, 0) is 33.6 Å². The normalized spacial score (nSPS) is 10.4. The summed E-state index contributed by atoms with van der Waals surface area (Å²) < 4.78 is 10.8. The lowest BCUT2D eigenvalue weighted by Gasteiger charge is -2.03. The molecule has 0 amide bonds. The summed E-state index contributed by atoms with van der Waals surface area (Å²) in [5.41, 5.74) is 1.03. The van der Waals surface area contributed by atoms with Gasteiger partial charge in [0.2, 0.25) is 0 Å². The third-order valence-electron chi connectivity index (χ3n) is 1.45. The van der Waals surface area contributed by atoms with Crippen LogP contribution in [0.1, 0.15) is 5.56 Å². The lowest BCUT2D eigenvalue weighted by molar-refractivity contribution is -0.0390. The highest BCUT2D eigenvalue weighted by Crippen LogP contribution is 2.23. The van der Waals surface area contributed by atoms with Crippen molar-refractivity contribution in [1.29, 1.82) is 0 Å². The lowest BCUT2D eigenvalue weighted by atomic mass is 10.2. The third-order valence-corrected chi connectivity index (χ3v) is 2.69. The highest BCUT2D eigenvalue weighted by Gasteiger charge is 1.98. The van der Waals surface area contributed by atoms with E-state index < -0.39 is 0 Å². The van der Waals surface area contributed by atoms with Crippen molar-refractivity contribution in [3.8, 4) is 0 Å². The predicted octanol–water partition coefficient (Wildman–Crippen LogP) is 3.22. The second-order valence-corrected chi connectivity index (χ2v) is 3.76. The first-order chi connectivity index (χ1) is 6.24. The topological polar surface area (TPSA) is 18.5 Å². The van der Waals surface area contributed by atoms with Crippen molar-refractivity contribution in [1.82, 2.24) is 0 Å². The first-order valence-corrected chi connectivity index (χ1v) is 4.91. The van der Waals surface area contributed by atoms with Gasteiger partial charge in [0.15, 0.2) is 0 Å². The minimum absolute atomic E-state index is 0.299. The molecule has 0 aromatic heterocycles. The number of benzene rings is 1. The van der Waals surface area contributed by atoms with Crippen molar-refractivity contribution in [3.63, 3.8) is 0 Å². The number of hydrogen-bond acceptors (Lipinski definition) is 2. The van der Waals surface area contributed by atoms with E-state index in [1.54, 1.807) is 7.11 Å². The largest absolute Gasteiger partial charge is 0.359 e. The number of methoxy groups -OCH3 is 1. The predicted molar refractivity (Wildman–Crippen MR) is 55.8 cm³/mol. The molecule has 1 aromatic carbocycles. The summed E-state index contributed by atoms with van der Waals surface area (Å²) >= 11 is 9.21. The molecule has 0 aliphatic carbocycles. The summed E-state index contributed by atoms with van der Waals surface area (Å²) in [4.78, 5) is 0. The van der Waals surface area contributed by atoms with Crippen LogP contribution in [0.5, 0.6) is 0 Å². The maximum absolute atomic E-state index is 5.89. The van der Waals surface area contributed by atoms with Crippen molar-refractivity contribution in [2.24, 2.45) is 0 Å². The van der Waals surface area contributed by atoms with E-state index in [4.69, 9.17) is 21.1 Å². The molecule has 0 N–H and O–H groups in total. The molecule has 0 bridgehead atoms. The van der Waals surface area contributed by atoms with Crippen LogP contribution in [0.2, 0.25) is 5.02 Å². The SMILES string of the molecule is COCOCc1ccc(Br)c(Cl)c1. The molecule has 0 atom stereocenters. The highest BCUT2D eigenvalue weighted by molar-refractivity contribution is 9.10. The van der Waals surface area contributed by atoms with Crippen molar-refractivity contribution in [2.45, 2.75) is 6.61 Å². The van der Waals surface area contributed by atoms with Crippen LogP contribution in [-0.2, 0) is 16.1 Å². The Bertz CT molecular complexity index is 278. The second-order valence-electron chi connectivity index (χ2n) is 2.50. The zero-order chi connectivity index (χ0) is 9.68. The number of ether oxygens (including phenoxy) is 2. The van der Waals surface area contributed by atoms with Gasteiger partial charge in [0.05, 0.1) is 11.6 Å². The van der Waals surface area contributed by atoms with Crippen LogP contribution in [-0.4, -0.2) is 13.9 Å². The Morgan fingerprint density at radius 3 is 2.85 bits per heavy atom. The van der Waals surface area contributed by atoms with Crippen molar-refractivity contribution < 1.29 is 9.47 Å². The monoisotopic (exact) mass is 264 g/mol. The van der Waals surface area contributed by atoms with Crippen LogP contribution in [0.15, 0.2) is 22.7 Å². The van der Waals surface area contributed by atoms with E-state index in [0.29, 0.717) is 18.4 Å². The van der Waals surface area contributed by atoms with Crippen LogP contribution >= 0.6 is 27.5 Å². The van der Waals surface area contributed by atoms with E-state index in [9.17, 15) is 0 Å². The molecule has 0 aliphatic rings. The van der Waals surface area contributed by atoms with Crippen LogP contribution in [0.25, 0.3) is 0 Å². The maximum atomic E-state index is 5.89. The van der Waals surface area contributed by atoms with E-state index in [-0.39, 0.29) is 0 Å². The molecule has 0 saturated heterocycles. The van der Waals surface area contributed by atoms with E-state index in [1.807, 2.05) is 18.2 Å². The highest BCUT2D eigenvalue weighted by atomic mass is 79.9. The summed E-state index contributed by atoms with van der Waals surface area (Å²) in [5.74, 6) is 0. The van der Waals surface area contributed by atoms with Gasteiger partial charge < -0.3 is 9.47 Å². The van der Waals surface area contributed by atoms with Crippen molar-refractivity contribution >= 4 is 27.5 Å². The fourth-order valence-corrected chi connectivity index (χ4v) is 1.32. The molecule has 4 heteroatoms. The maximum Gasteiger partial charge on any atom is 0.146 e. The summed E-state index contributed by atoms with van der Waals surface area (Å²) in [7, 11) is 1.59. The molecule has 0 aliphatic heterocycles. The lowest BCUT2D eigenvalue weighted by Crippen LogP contribution is -1.96. The average molecular weight is 266 g/mol. The summed E-state index contributed by atoms with van der Waals surface area (Å²) in [6.45, 7) is 0.814. The molecule has 1 rings (SSSR count). The first-order valence-electron chi connectivity index (χ1n) is 3.74. The average Bonchev–Trinajstić information content (AvgIpc) is 2.12. The van der Waals surface area contributed by atoms with E-state index in [1.165, 1.54) is 0 Å². The van der Waals surface area contributed by atoms with Crippen molar-refractivity contribution in [3.05, 3.63) is 33.3 Å². The summed E-state index contributed by atoms with van der Waals surface area (Å²) in [5, 5.41) is 0.693. The van der Waals surface area contributed by atoms with E-state index in [0.717, 1.165) is 10.0 Å².